The van der Waals surface area contributed by atoms with Gasteiger partial charge >= 0.3 is 0 Å². The molecule has 8 heteroatoms. The number of nitrogens with zero attached hydrogens (tertiary/aromatic N) is 1. The summed E-state index contributed by atoms with van der Waals surface area (Å²) in [6.07, 6.45) is 0. The number of sulfonamides is 1. The number of nitrogens with two attached hydrogens (primary N) is 1. The van der Waals surface area contributed by atoms with Crippen molar-refractivity contribution in [1.29, 1.82) is 5.26 Å². The number of benzene rings is 2. The van der Waals surface area contributed by atoms with Crippen molar-refractivity contribution in [2.45, 2.75) is 4.90 Å². The molecule has 21 heavy (non-hydrogen) atoms. The van der Waals surface area contributed by atoms with Crippen molar-refractivity contribution < 1.29 is 12.8 Å². The van der Waals surface area contributed by atoms with Crippen LogP contribution in [-0.4, -0.2) is 8.42 Å². The van der Waals surface area contributed by atoms with Gasteiger partial charge in [-0.15, -0.1) is 0 Å². The molecule has 0 bridgehead atoms. The molecule has 0 aliphatic heterocycles. The van der Waals surface area contributed by atoms with Crippen LogP contribution in [0.25, 0.3) is 0 Å². The van der Waals surface area contributed by atoms with E-state index in [9.17, 15) is 12.8 Å². The fraction of sp³-hybridized carbons (Fsp3) is 0. The van der Waals surface area contributed by atoms with Crippen LogP contribution in [0.15, 0.2) is 41.3 Å². The molecule has 2 aromatic carbocycles. The van der Waals surface area contributed by atoms with E-state index in [1.54, 1.807) is 0 Å². The first-order valence-electron chi connectivity index (χ1n) is 5.61. The fourth-order valence-electron chi connectivity index (χ4n) is 1.67. The van der Waals surface area contributed by atoms with Crippen LogP contribution >= 0.6 is 11.6 Å². The van der Waals surface area contributed by atoms with Gasteiger partial charge in [0.1, 0.15) is 10.7 Å². The molecule has 0 fully saturated rings. The topological polar surface area (TPSA) is 96.0 Å². The number of hydrogen-bond acceptors (Lipinski definition) is 4. The Kier molecular flexibility index (Phi) is 4.02. The number of nitrogen functional groups attached to an aromatic ring is 1. The van der Waals surface area contributed by atoms with Crippen molar-refractivity contribution in [3.05, 3.63) is 52.8 Å². The molecule has 0 spiro atoms. The molecule has 2 aromatic rings. The Hall–Kier alpha value is -2.30. The first kappa shape index (κ1) is 15.1. The van der Waals surface area contributed by atoms with E-state index in [0.717, 1.165) is 6.07 Å². The fourth-order valence-corrected chi connectivity index (χ4v) is 3.23. The highest BCUT2D eigenvalue weighted by atomic mass is 35.5. The van der Waals surface area contributed by atoms with Crippen molar-refractivity contribution >= 4 is 33.0 Å². The summed E-state index contributed by atoms with van der Waals surface area (Å²) in [5, 5.41) is 8.74. The molecule has 5 nitrogen and oxygen atoms in total. The molecular weight excluding hydrogens is 317 g/mol. The molecule has 3 N–H and O–H groups in total. The van der Waals surface area contributed by atoms with Crippen LogP contribution in [0.2, 0.25) is 5.02 Å². The quantitative estimate of drug-likeness (QED) is 0.848. The Labute approximate surface area is 125 Å². The van der Waals surface area contributed by atoms with E-state index in [1.165, 1.54) is 30.3 Å². The SMILES string of the molecule is N#Cc1ccc(NS(=O)(=O)c2c(N)cccc2F)c(Cl)c1. The number of anilines is 2. The van der Waals surface area contributed by atoms with E-state index in [0.29, 0.717) is 0 Å². The van der Waals surface area contributed by atoms with E-state index in [4.69, 9.17) is 22.6 Å². The first-order valence-corrected chi connectivity index (χ1v) is 7.48. The average Bonchev–Trinajstić information content (AvgIpc) is 2.40. The molecule has 108 valence electrons. The van der Waals surface area contributed by atoms with Gasteiger partial charge in [-0.3, -0.25) is 4.72 Å². The smallest absolute Gasteiger partial charge is 0.266 e. The highest BCUT2D eigenvalue weighted by molar-refractivity contribution is 7.93. The van der Waals surface area contributed by atoms with Crippen LogP contribution in [0.1, 0.15) is 5.56 Å². The van der Waals surface area contributed by atoms with Gasteiger partial charge in [0, 0.05) is 0 Å². The number of nitrogens with one attached hydrogen (secondary N) is 1. The third kappa shape index (κ3) is 3.07. The second-order valence-electron chi connectivity index (χ2n) is 4.07. The molecule has 0 amide bonds. The van der Waals surface area contributed by atoms with Crippen molar-refractivity contribution in [3.8, 4) is 6.07 Å². The van der Waals surface area contributed by atoms with Gasteiger partial charge in [-0.25, -0.2) is 12.8 Å². The normalized spacial score (nSPS) is 10.9. The number of halogens is 2. The molecule has 0 saturated carbocycles. The lowest BCUT2D eigenvalue weighted by Crippen LogP contribution is -2.16. The molecule has 0 radical (unpaired) electrons. The monoisotopic (exact) mass is 325 g/mol. The van der Waals surface area contributed by atoms with Crippen LogP contribution in [0, 0.1) is 17.1 Å². The van der Waals surface area contributed by atoms with Crippen molar-refractivity contribution in [2.75, 3.05) is 10.5 Å². The lowest BCUT2D eigenvalue weighted by Gasteiger charge is -2.12. The maximum atomic E-state index is 13.7. The van der Waals surface area contributed by atoms with Gasteiger partial charge < -0.3 is 5.73 Å². The summed E-state index contributed by atoms with van der Waals surface area (Å²) in [5.41, 5.74) is 5.59. The van der Waals surface area contributed by atoms with E-state index >= 15 is 0 Å². The largest absolute Gasteiger partial charge is 0.398 e. The predicted octanol–water partition coefficient (Wildman–Crippen LogP) is 2.73. The Bertz CT molecular complexity index is 827. The van der Waals surface area contributed by atoms with Gasteiger partial charge in [0.2, 0.25) is 0 Å². The van der Waals surface area contributed by atoms with Gasteiger partial charge in [0.05, 0.1) is 28.0 Å². The van der Waals surface area contributed by atoms with Crippen LogP contribution in [0.4, 0.5) is 15.8 Å². The predicted molar refractivity (Wildman–Crippen MR) is 77.8 cm³/mol. The molecule has 0 aliphatic carbocycles. The molecule has 0 atom stereocenters. The number of hydrogen-bond donors (Lipinski definition) is 2. The Morgan fingerprint density at radius 2 is 2.00 bits per heavy atom. The highest BCUT2D eigenvalue weighted by Gasteiger charge is 2.23. The lowest BCUT2D eigenvalue weighted by atomic mass is 10.2. The van der Waals surface area contributed by atoms with Crippen molar-refractivity contribution in [3.63, 3.8) is 0 Å². The zero-order valence-corrected chi connectivity index (χ0v) is 12.0. The lowest BCUT2D eigenvalue weighted by molar-refractivity contribution is 0.572. The zero-order chi connectivity index (χ0) is 15.6. The van der Waals surface area contributed by atoms with Crippen LogP contribution in [0.5, 0.6) is 0 Å². The molecule has 0 unspecified atom stereocenters. The third-order valence-corrected chi connectivity index (χ3v) is 4.38. The summed E-state index contributed by atoms with van der Waals surface area (Å²) in [6.45, 7) is 0. The summed E-state index contributed by atoms with van der Waals surface area (Å²) >= 11 is 5.88. The maximum Gasteiger partial charge on any atom is 0.266 e. The second-order valence-corrected chi connectivity index (χ2v) is 6.10. The van der Waals surface area contributed by atoms with Gasteiger partial charge in [0.25, 0.3) is 10.0 Å². The summed E-state index contributed by atoms with van der Waals surface area (Å²) in [6, 6.07) is 9.43. The molecule has 0 saturated heterocycles. The minimum atomic E-state index is -4.23. The van der Waals surface area contributed by atoms with Crippen molar-refractivity contribution in [2.24, 2.45) is 0 Å². The van der Waals surface area contributed by atoms with Gasteiger partial charge in [-0.1, -0.05) is 17.7 Å². The minimum absolute atomic E-state index is 0.0209. The first-order chi connectivity index (χ1) is 9.85. The van der Waals surface area contributed by atoms with E-state index < -0.39 is 20.7 Å². The number of nitriles is 1. The van der Waals surface area contributed by atoms with E-state index in [1.807, 2.05) is 6.07 Å². The Morgan fingerprint density at radius 1 is 1.29 bits per heavy atom. The molecule has 0 heterocycles. The standard InChI is InChI=1S/C13H9ClFN3O2S/c14-9-6-8(7-16)4-5-12(9)18-21(19,20)13-10(15)2-1-3-11(13)17/h1-6,18H,17H2. The zero-order valence-electron chi connectivity index (χ0n) is 10.5. The summed E-state index contributed by atoms with van der Waals surface area (Å²) in [5.74, 6) is -0.965. The minimum Gasteiger partial charge on any atom is -0.398 e. The Morgan fingerprint density at radius 3 is 2.57 bits per heavy atom. The highest BCUT2D eigenvalue weighted by Crippen LogP contribution is 2.28. The summed E-state index contributed by atoms with van der Waals surface area (Å²) in [7, 11) is -4.23. The van der Waals surface area contributed by atoms with E-state index in [2.05, 4.69) is 4.72 Å². The second kappa shape index (κ2) is 5.60. The molecular formula is C13H9ClFN3O2S. The number of rotatable bonds is 3. The van der Waals surface area contributed by atoms with Crippen LogP contribution in [0.3, 0.4) is 0 Å². The van der Waals surface area contributed by atoms with Crippen LogP contribution < -0.4 is 10.5 Å². The van der Waals surface area contributed by atoms with Gasteiger partial charge in [0.15, 0.2) is 0 Å². The molecule has 0 aliphatic rings. The molecule has 2 rings (SSSR count). The summed E-state index contributed by atoms with van der Waals surface area (Å²) < 4.78 is 40.2. The van der Waals surface area contributed by atoms with Crippen molar-refractivity contribution in [1.82, 2.24) is 0 Å². The van der Waals surface area contributed by atoms with Gasteiger partial charge in [-0.05, 0) is 30.3 Å². The maximum absolute atomic E-state index is 13.7. The summed E-state index contributed by atoms with van der Waals surface area (Å²) in [4.78, 5) is -0.648. The molecule has 0 aromatic heterocycles. The van der Waals surface area contributed by atoms with E-state index in [-0.39, 0.29) is 22.0 Å². The van der Waals surface area contributed by atoms with Gasteiger partial charge in [-0.2, -0.15) is 5.26 Å². The Balaban J connectivity index is 2.46. The third-order valence-electron chi connectivity index (χ3n) is 2.61. The average molecular weight is 326 g/mol. The van der Waals surface area contributed by atoms with Crippen LogP contribution in [-0.2, 0) is 10.0 Å².